The monoisotopic (exact) mass is 414 g/mol. The molecule has 0 amide bonds. The number of carbonyl (C=O) groups is 1. The van der Waals surface area contributed by atoms with E-state index in [1.165, 1.54) is 0 Å². The predicted octanol–water partition coefficient (Wildman–Crippen LogP) is 6.44. The second-order valence-electron chi connectivity index (χ2n) is 6.25. The van der Waals surface area contributed by atoms with Gasteiger partial charge < -0.3 is 0 Å². The molecule has 0 heterocycles. The first-order valence-electron chi connectivity index (χ1n) is 8.24. The van der Waals surface area contributed by atoms with Gasteiger partial charge in [0.1, 0.15) is 11.6 Å². The summed E-state index contributed by atoms with van der Waals surface area (Å²) >= 11 is 3.42. The number of Topliss-reactive ketones (excluding diaryl/α,β-unsaturated/α-hetero) is 1. The van der Waals surface area contributed by atoms with E-state index in [0.717, 1.165) is 39.4 Å². The molecular formula is C22H17BrF2O. The Bertz CT molecular complexity index is 915. The van der Waals surface area contributed by atoms with E-state index in [0.29, 0.717) is 0 Å². The SMILES string of the molecule is Cc1ccccc1C(CC(=O)c1cc(F)cc(F)c1)c1ccc(Br)cc1. The molecule has 0 aliphatic rings. The summed E-state index contributed by atoms with van der Waals surface area (Å²) in [6.07, 6.45) is 0.134. The lowest BCUT2D eigenvalue weighted by Crippen LogP contribution is -2.11. The maximum atomic E-state index is 13.5. The van der Waals surface area contributed by atoms with Crippen LogP contribution in [0.1, 0.15) is 39.4 Å². The Morgan fingerprint density at radius 3 is 2.19 bits per heavy atom. The first-order valence-corrected chi connectivity index (χ1v) is 9.03. The summed E-state index contributed by atoms with van der Waals surface area (Å²) in [5.41, 5.74) is 3.13. The van der Waals surface area contributed by atoms with Crippen molar-refractivity contribution in [3.8, 4) is 0 Å². The van der Waals surface area contributed by atoms with Crippen LogP contribution in [-0.4, -0.2) is 5.78 Å². The molecule has 0 saturated carbocycles. The molecule has 1 nitrogen and oxygen atoms in total. The molecule has 26 heavy (non-hydrogen) atoms. The van der Waals surface area contributed by atoms with Gasteiger partial charge in [-0.25, -0.2) is 8.78 Å². The molecular weight excluding hydrogens is 398 g/mol. The van der Waals surface area contributed by atoms with Crippen molar-refractivity contribution in [3.63, 3.8) is 0 Å². The van der Waals surface area contributed by atoms with Crippen LogP contribution >= 0.6 is 15.9 Å². The third-order valence-corrected chi connectivity index (χ3v) is 4.94. The first-order chi connectivity index (χ1) is 12.4. The lowest BCUT2D eigenvalue weighted by atomic mass is 9.84. The second kappa shape index (κ2) is 7.92. The fourth-order valence-electron chi connectivity index (χ4n) is 3.10. The molecule has 0 bridgehead atoms. The van der Waals surface area contributed by atoms with Crippen LogP contribution in [0, 0.1) is 18.6 Å². The quantitative estimate of drug-likeness (QED) is 0.439. The van der Waals surface area contributed by atoms with E-state index in [1.807, 2.05) is 55.5 Å². The predicted molar refractivity (Wildman–Crippen MR) is 102 cm³/mol. The van der Waals surface area contributed by atoms with Gasteiger partial charge >= 0.3 is 0 Å². The van der Waals surface area contributed by atoms with Gasteiger partial charge in [-0.1, -0.05) is 52.3 Å². The summed E-state index contributed by atoms with van der Waals surface area (Å²) in [4.78, 5) is 12.7. The van der Waals surface area contributed by atoms with Crippen molar-refractivity contribution in [2.24, 2.45) is 0 Å². The van der Waals surface area contributed by atoms with Crippen molar-refractivity contribution in [1.29, 1.82) is 0 Å². The molecule has 0 saturated heterocycles. The van der Waals surface area contributed by atoms with Crippen LogP contribution in [0.2, 0.25) is 0 Å². The van der Waals surface area contributed by atoms with E-state index in [1.54, 1.807) is 0 Å². The van der Waals surface area contributed by atoms with Gasteiger partial charge in [0.05, 0.1) is 0 Å². The largest absolute Gasteiger partial charge is 0.294 e. The molecule has 1 atom stereocenters. The normalized spacial score (nSPS) is 12.0. The Kier molecular flexibility index (Phi) is 5.62. The first kappa shape index (κ1) is 18.5. The highest BCUT2D eigenvalue weighted by Gasteiger charge is 2.21. The number of carbonyl (C=O) groups excluding carboxylic acids is 1. The van der Waals surface area contributed by atoms with E-state index >= 15 is 0 Å². The van der Waals surface area contributed by atoms with Crippen LogP contribution in [0.5, 0.6) is 0 Å². The van der Waals surface area contributed by atoms with Crippen LogP contribution in [0.4, 0.5) is 8.78 Å². The van der Waals surface area contributed by atoms with Crippen LogP contribution in [0.25, 0.3) is 0 Å². The summed E-state index contributed by atoms with van der Waals surface area (Å²) in [5.74, 6) is -1.98. The van der Waals surface area contributed by atoms with Gasteiger partial charge in [0.2, 0.25) is 0 Å². The van der Waals surface area contributed by atoms with Gasteiger partial charge in [-0.3, -0.25) is 4.79 Å². The summed E-state index contributed by atoms with van der Waals surface area (Å²) in [6, 6.07) is 18.6. The molecule has 132 valence electrons. The molecule has 0 aromatic heterocycles. The Balaban J connectivity index is 1.99. The molecule has 3 aromatic rings. The second-order valence-corrected chi connectivity index (χ2v) is 7.16. The van der Waals surface area contributed by atoms with Crippen molar-refractivity contribution in [2.75, 3.05) is 0 Å². The lowest BCUT2D eigenvalue weighted by molar-refractivity contribution is 0.0976. The Morgan fingerprint density at radius 2 is 1.58 bits per heavy atom. The third-order valence-electron chi connectivity index (χ3n) is 4.41. The van der Waals surface area contributed by atoms with Crippen LogP contribution in [-0.2, 0) is 0 Å². The van der Waals surface area contributed by atoms with Gasteiger partial charge in [-0.2, -0.15) is 0 Å². The van der Waals surface area contributed by atoms with Crippen LogP contribution < -0.4 is 0 Å². The van der Waals surface area contributed by atoms with Gasteiger partial charge in [-0.15, -0.1) is 0 Å². The van der Waals surface area contributed by atoms with E-state index in [4.69, 9.17) is 0 Å². The van der Waals surface area contributed by atoms with Gasteiger partial charge in [0.25, 0.3) is 0 Å². The van der Waals surface area contributed by atoms with Crippen LogP contribution in [0.15, 0.2) is 71.2 Å². The number of halogens is 3. The minimum atomic E-state index is -0.746. The highest BCUT2D eigenvalue weighted by molar-refractivity contribution is 9.10. The van der Waals surface area contributed by atoms with Crippen molar-refractivity contribution in [2.45, 2.75) is 19.3 Å². The van der Waals surface area contributed by atoms with Crippen LogP contribution in [0.3, 0.4) is 0 Å². The Hall–Kier alpha value is -2.33. The molecule has 4 heteroatoms. The van der Waals surface area contributed by atoms with Crippen molar-refractivity contribution < 1.29 is 13.6 Å². The van der Waals surface area contributed by atoms with Crippen molar-refractivity contribution in [3.05, 3.63) is 105 Å². The Morgan fingerprint density at radius 1 is 0.962 bits per heavy atom. The standard InChI is InChI=1S/C22H17BrF2O/c1-14-4-2-3-5-20(14)21(15-6-8-17(23)9-7-15)13-22(26)16-10-18(24)12-19(25)11-16/h2-12,21H,13H2,1H3. The molecule has 0 aliphatic heterocycles. The highest BCUT2D eigenvalue weighted by atomic mass is 79.9. The van der Waals surface area contributed by atoms with Gasteiger partial charge in [-0.05, 0) is 47.9 Å². The van der Waals surface area contributed by atoms with E-state index in [9.17, 15) is 13.6 Å². The molecule has 3 aromatic carbocycles. The zero-order valence-corrected chi connectivity index (χ0v) is 15.8. The number of rotatable bonds is 5. The average Bonchev–Trinajstić information content (AvgIpc) is 2.60. The molecule has 0 aliphatic carbocycles. The number of aryl methyl sites for hydroxylation is 1. The minimum absolute atomic E-state index is 0.0539. The molecule has 0 N–H and O–H groups in total. The third kappa shape index (κ3) is 4.25. The topological polar surface area (TPSA) is 17.1 Å². The lowest BCUT2D eigenvalue weighted by Gasteiger charge is -2.20. The maximum Gasteiger partial charge on any atom is 0.164 e. The molecule has 0 radical (unpaired) electrons. The van der Waals surface area contributed by atoms with Gasteiger partial charge in [0.15, 0.2) is 5.78 Å². The molecule has 3 rings (SSSR count). The van der Waals surface area contributed by atoms with Gasteiger partial charge in [0, 0.05) is 28.4 Å². The highest BCUT2D eigenvalue weighted by Crippen LogP contribution is 2.32. The summed E-state index contributed by atoms with van der Waals surface area (Å²) in [5, 5.41) is 0. The average molecular weight is 415 g/mol. The zero-order valence-electron chi connectivity index (χ0n) is 14.2. The van der Waals surface area contributed by atoms with Crippen molar-refractivity contribution in [1.82, 2.24) is 0 Å². The number of ketones is 1. The van der Waals surface area contributed by atoms with E-state index < -0.39 is 11.6 Å². The summed E-state index contributed by atoms with van der Waals surface area (Å²) in [6.45, 7) is 1.99. The summed E-state index contributed by atoms with van der Waals surface area (Å²) < 4.78 is 27.9. The van der Waals surface area contributed by atoms with Crippen molar-refractivity contribution >= 4 is 21.7 Å². The zero-order chi connectivity index (χ0) is 18.7. The fraction of sp³-hybridized carbons (Fsp3) is 0.136. The smallest absolute Gasteiger partial charge is 0.164 e. The molecule has 0 fully saturated rings. The van der Waals surface area contributed by atoms with E-state index in [-0.39, 0.29) is 23.7 Å². The fourth-order valence-corrected chi connectivity index (χ4v) is 3.36. The van der Waals surface area contributed by atoms with E-state index in [2.05, 4.69) is 15.9 Å². The minimum Gasteiger partial charge on any atom is -0.294 e. The summed E-state index contributed by atoms with van der Waals surface area (Å²) in [7, 11) is 0. The number of hydrogen-bond donors (Lipinski definition) is 0. The number of hydrogen-bond acceptors (Lipinski definition) is 1. The Labute approximate surface area is 159 Å². The number of benzene rings is 3. The molecule has 1 unspecified atom stereocenters. The molecule has 0 spiro atoms. The maximum absolute atomic E-state index is 13.5.